The monoisotopic (exact) mass is 438 g/mol. The minimum Gasteiger partial charge on any atom is -0.482 e. The first-order chi connectivity index (χ1) is 14.9. The smallest absolute Gasteiger partial charge is 0.343 e. The van der Waals surface area contributed by atoms with E-state index in [0.717, 1.165) is 28.4 Å². The molecule has 0 aliphatic carbocycles. The van der Waals surface area contributed by atoms with Crippen LogP contribution in [0.1, 0.15) is 6.92 Å². The zero-order valence-corrected chi connectivity index (χ0v) is 18.0. The number of carbonyl (C=O) groups excluding carboxylic acids is 1. The van der Waals surface area contributed by atoms with Crippen molar-refractivity contribution in [3.63, 3.8) is 0 Å². The van der Waals surface area contributed by atoms with Crippen molar-refractivity contribution in [3.05, 3.63) is 66.7 Å². The quantitative estimate of drug-likeness (QED) is 0.438. The minimum absolute atomic E-state index is 0.0917. The van der Waals surface area contributed by atoms with Crippen molar-refractivity contribution in [2.75, 3.05) is 18.4 Å². The van der Waals surface area contributed by atoms with E-state index < -0.39 is 16.0 Å². The molecular formula is C23H22N2O5S. The Hall–Kier alpha value is -3.52. The lowest BCUT2D eigenvalue weighted by atomic mass is 10.1. The fourth-order valence-electron chi connectivity index (χ4n) is 3.59. The summed E-state index contributed by atoms with van der Waals surface area (Å²) >= 11 is 0. The van der Waals surface area contributed by atoms with Crippen molar-refractivity contribution in [1.82, 2.24) is 4.57 Å². The minimum atomic E-state index is -3.79. The number of anilines is 1. The van der Waals surface area contributed by atoms with Gasteiger partial charge in [-0.2, -0.15) is 0 Å². The standard InChI is InChI=1S/C23H22N2O5S/c1-3-25-21-7-5-4-6-19(21)20-14-16(8-13-22(20)25)24-31(27,28)18-11-9-17(10-12-18)30-15-23(26)29-2/h4-14,24H,3,15H2,1-2H3. The summed E-state index contributed by atoms with van der Waals surface area (Å²) in [7, 11) is -2.52. The van der Waals surface area contributed by atoms with Gasteiger partial charge < -0.3 is 14.0 Å². The average molecular weight is 439 g/mol. The second kappa shape index (κ2) is 8.31. The van der Waals surface area contributed by atoms with E-state index in [2.05, 4.69) is 27.0 Å². The number of esters is 1. The predicted octanol–water partition coefficient (Wildman–Crippen LogP) is 4.17. The fourth-order valence-corrected chi connectivity index (χ4v) is 4.64. The van der Waals surface area contributed by atoms with Crippen molar-refractivity contribution in [2.24, 2.45) is 0 Å². The molecule has 3 aromatic carbocycles. The maximum Gasteiger partial charge on any atom is 0.343 e. The number of nitrogens with one attached hydrogen (secondary N) is 1. The van der Waals surface area contributed by atoms with Gasteiger partial charge in [-0.3, -0.25) is 4.72 Å². The van der Waals surface area contributed by atoms with Crippen molar-refractivity contribution in [2.45, 2.75) is 18.4 Å². The van der Waals surface area contributed by atoms with Gasteiger partial charge in [0.15, 0.2) is 6.61 Å². The lowest BCUT2D eigenvalue weighted by Gasteiger charge is -2.10. The molecule has 0 fully saturated rings. The molecule has 8 heteroatoms. The highest BCUT2D eigenvalue weighted by Crippen LogP contribution is 2.31. The van der Waals surface area contributed by atoms with Gasteiger partial charge in [-0.15, -0.1) is 0 Å². The van der Waals surface area contributed by atoms with Crippen LogP contribution in [0.3, 0.4) is 0 Å². The van der Waals surface area contributed by atoms with Gasteiger partial charge in [-0.05, 0) is 55.5 Å². The normalized spacial score (nSPS) is 11.5. The molecule has 0 amide bonds. The largest absolute Gasteiger partial charge is 0.482 e. The average Bonchev–Trinajstić information content (AvgIpc) is 3.10. The molecule has 0 unspecified atom stereocenters. The van der Waals surface area contributed by atoms with E-state index >= 15 is 0 Å². The van der Waals surface area contributed by atoms with E-state index in [4.69, 9.17) is 4.74 Å². The van der Waals surface area contributed by atoms with Gasteiger partial charge >= 0.3 is 5.97 Å². The summed E-state index contributed by atoms with van der Waals surface area (Å²) in [5.41, 5.74) is 2.65. The molecule has 1 aromatic heterocycles. The number of rotatable bonds is 7. The number of fused-ring (bicyclic) bond motifs is 3. The first-order valence-corrected chi connectivity index (χ1v) is 11.2. The third-order valence-electron chi connectivity index (χ3n) is 5.06. The Morgan fingerprint density at radius 1 is 0.968 bits per heavy atom. The van der Waals surface area contributed by atoms with Gasteiger partial charge in [-0.1, -0.05) is 18.2 Å². The van der Waals surface area contributed by atoms with E-state index in [1.165, 1.54) is 31.4 Å². The number of benzene rings is 3. The highest BCUT2D eigenvalue weighted by Gasteiger charge is 2.16. The Kier molecular flexibility index (Phi) is 5.56. The first-order valence-electron chi connectivity index (χ1n) is 9.76. The summed E-state index contributed by atoms with van der Waals surface area (Å²) < 4.78 is 40.3. The lowest BCUT2D eigenvalue weighted by molar-refractivity contribution is -0.142. The predicted molar refractivity (Wildman–Crippen MR) is 120 cm³/mol. The summed E-state index contributed by atoms with van der Waals surface area (Å²) in [5, 5.41) is 2.07. The van der Waals surface area contributed by atoms with E-state index in [9.17, 15) is 13.2 Å². The summed E-state index contributed by atoms with van der Waals surface area (Å²) in [5.74, 6) is -0.142. The second-order valence-corrected chi connectivity index (χ2v) is 8.62. The molecule has 0 saturated carbocycles. The van der Waals surface area contributed by atoms with Crippen LogP contribution in [-0.4, -0.2) is 32.7 Å². The highest BCUT2D eigenvalue weighted by atomic mass is 32.2. The molecule has 160 valence electrons. The van der Waals surface area contributed by atoms with Gasteiger partial charge in [-0.25, -0.2) is 13.2 Å². The number of aryl methyl sites for hydroxylation is 1. The van der Waals surface area contributed by atoms with Gasteiger partial charge in [0.25, 0.3) is 10.0 Å². The summed E-state index contributed by atoms with van der Waals surface area (Å²) in [6, 6.07) is 19.5. The third kappa shape index (κ3) is 4.06. The van der Waals surface area contributed by atoms with Crippen molar-refractivity contribution in [1.29, 1.82) is 0 Å². The molecule has 1 N–H and O–H groups in total. The van der Waals surface area contributed by atoms with Crippen molar-refractivity contribution >= 4 is 43.5 Å². The van der Waals surface area contributed by atoms with Crippen LogP contribution in [0.4, 0.5) is 5.69 Å². The Morgan fingerprint density at radius 2 is 1.68 bits per heavy atom. The van der Waals surface area contributed by atoms with Crippen LogP contribution >= 0.6 is 0 Å². The summed E-state index contributed by atoms with van der Waals surface area (Å²) in [4.78, 5) is 11.2. The molecular weight excluding hydrogens is 416 g/mol. The number of methoxy groups -OCH3 is 1. The Labute approximate surface area is 180 Å². The molecule has 31 heavy (non-hydrogen) atoms. The van der Waals surface area contributed by atoms with Crippen LogP contribution in [-0.2, 0) is 26.1 Å². The maximum absolute atomic E-state index is 12.9. The lowest BCUT2D eigenvalue weighted by Crippen LogP contribution is -2.14. The zero-order valence-electron chi connectivity index (χ0n) is 17.2. The Morgan fingerprint density at radius 3 is 2.39 bits per heavy atom. The summed E-state index contributed by atoms with van der Waals surface area (Å²) in [6.07, 6.45) is 0. The molecule has 0 atom stereocenters. The Balaban J connectivity index is 1.61. The van der Waals surface area contributed by atoms with Crippen LogP contribution in [0, 0.1) is 0 Å². The first kappa shape index (κ1) is 20.7. The number of aromatic nitrogens is 1. The Bertz CT molecular complexity index is 1360. The summed E-state index contributed by atoms with van der Waals surface area (Å²) in [6.45, 7) is 2.66. The second-order valence-electron chi connectivity index (χ2n) is 6.94. The molecule has 0 aliphatic rings. The number of hydrogen-bond donors (Lipinski definition) is 1. The van der Waals surface area contributed by atoms with Crippen LogP contribution < -0.4 is 9.46 Å². The molecule has 7 nitrogen and oxygen atoms in total. The molecule has 0 radical (unpaired) electrons. The van der Waals surface area contributed by atoms with E-state index in [-0.39, 0.29) is 11.5 Å². The SMILES string of the molecule is CCn1c2ccccc2c2cc(NS(=O)(=O)c3ccc(OCC(=O)OC)cc3)ccc21. The number of hydrogen-bond acceptors (Lipinski definition) is 5. The molecule has 4 aromatic rings. The molecule has 0 saturated heterocycles. The van der Waals surface area contributed by atoms with Crippen molar-refractivity contribution < 1.29 is 22.7 Å². The van der Waals surface area contributed by atoms with Crippen LogP contribution in [0.2, 0.25) is 0 Å². The number of carbonyl (C=O) groups is 1. The fraction of sp³-hybridized carbons (Fsp3) is 0.174. The molecule has 4 rings (SSSR count). The molecule has 0 spiro atoms. The molecule has 1 heterocycles. The van der Waals surface area contributed by atoms with Gasteiger partial charge in [0.2, 0.25) is 0 Å². The van der Waals surface area contributed by atoms with Gasteiger partial charge in [0, 0.05) is 34.0 Å². The third-order valence-corrected chi connectivity index (χ3v) is 6.46. The number of nitrogens with zero attached hydrogens (tertiary/aromatic N) is 1. The van der Waals surface area contributed by atoms with E-state index in [1.807, 2.05) is 30.3 Å². The van der Waals surface area contributed by atoms with Crippen molar-refractivity contribution in [3.8, 4) is 5.75 Å². The van der Waals surface area contributed by atoms with Crippen LogP contribution in [0.5, 0.6) is 5.75 Å². The van der Waals surface area contributed by atoms with E-state index in [0.29, 0.717) is 11.4 Å². The van der Waals surface area contributed by atoms with Crippen LogP contribution in [0.25, 0.3) is 21.8 Å². The molecule has 0 bridgehead atoms. The number of ether oxygens (including phenoxy) is 2. The molecule has 0 aliphatic heterocycles. The zero-order chi connectivity index (χ0) is 22.0. The number of sulfonamides is 1. The van der Waals surface area contributed by atoms with Gasteiger partial charge in [0.1, 0.15) is 5.75 Å². The topological polar surface area (TPSA) is 86.6 Å². The maximum atomic E-state index is 12.9. The highest BCUT2D eigenvalue weighted by molar-refractivity contribution is 7.92. The van der Waals surface area contributed by atoms with Crippen LogP contribution in [0.15, 0.2) is 71.6 Å². The van der Waals surface area contributed by atoms with E-state index in [1.54, 1.807) is 6.07 Å². The number of para-hydroxylation sites is 1. The van der Waals surface area contributed by atoms with Gasteiger partial charge in [0.05, 0.1) is 12.0 Å².